The van der Waals surface area contributed by atoms with Crippen LogP contribution < -0.4 is 0 Å². The Morgan fingerprint density at radius 3 is 2.50 bits per heavy atom. The quantitative estimate of drug-likeness (QED) is 0.729. The molecule has 22 heavy (non-hydrogen) atoms. The molecule has 112 valence electrons. The Morgan fingerprint density at radius 2 is 1.82 bits per heavy atom. The standard InChI is InChI=1S/C16H10F3NO2/c17-16(18,19)12-3-1-2-9(6-12)13-7-10-4-5-11(15(21)22)8-14(10)20-13/h1-8,20H,(H,21,22). The number of rotatable bonds is 2. The summed E-state index contributed by atoms with van der Waals surface area (Å²) in [6.45, 7) is 0. The van der Waals surface area contributed by atoms with Crippen LogP contribution in [0.2, 0.25) is 0 Å². The predicted molar refractivity (Wildman–Crippen MR) is 75.7 cm³/mol. The molecule has 6 heteroatoms. The van der Waals surface area contributed by atoms with Crippen LogP contribution in [0.4, 0.5) is 13.2 Å². The van der Waals surface area contributed by atoms with Crippen molar-refractivity contribution in [3.63, 3.8) is 0 Å². The fourth-order valence-electron chi connectivity index (χ4n) is 2.28. The fourth-order valence-corrected chi connectivity index (χ4v) is 2.28. The van der Waals surface area contributed by atoms with Gasteiger partial charge in [0.05, 0.1) is 11.1 Å². The third-order valence-electron chi connectivity index (χ3n) is 3.37. The second kappa shape index (κ2) is 4.91. The number of aromatic amines is 1. The van der Waals surface area contributed by atoms with Crippen LogP contribution in [0.15, 0.2) is 48.5 Å². The van der Waals surface area contributed by atoms with E-state index in [1.165, 1.54) is 18.2 Å². The summed E-state index contributed by atoms with van der Waals surface area (Å²) < 4.78 is 38.3. The number of alkyl halides is 3. The van der Waals surface area contributed by atoms with Crippen LogP contribution in [-0.4, -0.2) is 16.1 Å². The Labute approximate surface area is 123 Å². The van der Waals surface area contributed by atoms with Gasteiger partial charge in [-0.2, -0.15) is 13.2 Å². The molecular formula is C16H10F3NO2. The molecule has 3 rings (SSSR count). The van der Waals surface area contributed by atoms with Crippen molar-refractivity contribution >= 4 is 16.9 Å². The molecule has 0 saturated heterocycles. The molecule has 2 aromatic carbocycles. The SMILES string of the molecule is O=C(O)c1ccc2cc(-c3cccc(C(F)(F)F)c3)[nH]c2c1. The number of hydrogen-bond donors (Lipinski definition) is 2. The summed E-state index contributed by atoms with van der Waals surface area (Å²) in [6.07, 6.45) is -4.40. The zero-order valence-electron chi connectivity index (χ0n) is 11.1. The van der Waals surface area contributed by atoms with Gasteiger partial charge in [-0.1, -0.05) is 18.2 Å². The Hall–Kier alpha value is -2.76. The number of hydrogen-bond acceptors (Lipinski definition) is 1. The average Bonchev–Trinajstić information content (AvgIpc) is 2.89. The van der Waals surface area contributed by atoms with Crippen LogP contribution in [-0.2, 0) is 6.18 Å². The van der Waals surface area contributed by atoms with Crippen LogP contribution >= 0.6 is 0 Å². The maximum atomic E-state index is 12.8. The summed E-state index contributed by atoms with van der Waals surface area (Å²) in [7, 11) is 0. The van der Waals surface area contributed by atoms with Crippen molar-refractivity contribution in [3.05, 3.63) is 59.7 Å². The Morgan fingerprint density at radius 1 is 1.05 bits per heavy atom. The lowest BCUT2D eigenvalue weighted by Crippen LogP contribution is -2.04. The summed E-state index contributed by atoms with van der Waals surface area (Å²) in [4.78, 5) is 13.9. The van der Waals surface area contributed by atoms with Gasteiger partial charge in [0.15, 0.2) is 0 Å². The first-order valence-corrected chi connectivity index (χ1v) is 6.38. The van der Waals surface area contributed by atoms with E-state index in [2.05, 4.69) is 4.98 Å². The van der Waals surface area contributed by atoms with Gasteiger partial charge in [-0.3, -0.25) is 0 Å². The molecule has 0 atom stereocenters. The second-order valence-electron chi connectivity index (χ2n) is 4.87. The van der Waals surface area contributed by atoms with Crippen molar-refractivity contribution in [2.24, 2.45) is 0 Å². The van der Waals surface area contributed by atoms with Crippen molar-refractivity contribution in [2.45, 2.75) is 6.18 Å². The highest BCUT2D eigenvalue weighted by atomic mass is 19.4. The molecule has 0 aliphatic carbocycles. The van der Waals surface area contributed by atoms with Crippen LogP contribution in [0, 0.1) is 0 Å². The number of carbonyl (C=O) groups is 1. The van der Waals surface area contributed by atoms with E-state index in [9.17, 15) is 18.0 Å². The first-order valence-electron chi connectivity index (χ1n) is 6.38. The lowest BCUT2D eigenvalue weighted by atomic mass is 10.1. The lowest BCUT2D eigenvalue weighted by Gasteiger charge is -2.07. The number of carboxylic acids is 1. The van der Waals surface area contributed by atoms with E-state index in [4.69, 9.17) is 5.11 Å². The summed E-state index contributed by atoms with van der Waals surface area (Å²) in [6, 6.07) is 11.2. The Bertz CT molecular complexity index is 865. The van der Waals surface area contributed by atoms with E-state index in [0.717, 1.165) is 17.5 Å². The maximum Gasteiger partial charge on any atom is 0.416 e. The van der Waals surface area contributed by atoms with Gasteiger partial charge < -0.3 is 10.1 Å². The minimum atomic E-state index is -4.40. The second-order valence-corrected chi connectivity index (χ2v) is 4.87. The van der Waals surface area contributed by atoms with Crippen LogP contribution in [0.3, 0.4) is 0 Å². The molecule has 0 bridgehead atoms. The zero-order valence-corrected chi connectivity index (χ0v) is 11.1. The molecule has 0 amide bonds. The van der Waals surface area contributed by atoms with Gasteiger partial charge in [-0.05, 0) is 35.9 Å². The van der Waals surface area contributed by atoms with Gasteiger partial charge in [0.25, 0.3) is 0 Å². The minimum absolute atomic E-state index is 0.116. The van der Waals surface area contributed by atoms with Gasteiger partial charge in [0.2, 0.25) is 0 Å². The molecule has 0 unspecified atom stereocenters. The third-order valence-corrected chi connectivity index (χ3v) is 3.37. The first-order chi connectivity index (χ1) is 10.3. The molecular weight excluding hydrogens is 295 g/mol. The summed E-state index contributed by atoms with van der Waals surface area (Å²) >= 11 is 0. The van der Waals surface area contributed by atoms with E-state index in [1.54, 1.807) is 18.2 Å². The molecule has 0 aliphatic heterocycles. The number of H-pyrrole nitrogens is 1. The fraction of sp³-hybridized carbons (Fsp3) is 0.0625. The summed E-state index contributed by atoms with van der Waals surface area (Å²) in [5.74, 6) is -1.06. The molecule has 0 spiro atoms. The highest BCUT2D eigenvalue weighted by Gasteiger charge is 2.30. The monoisotopic (exact) mass is 305 g/mol. The highest BCUT2D eigenvalue weighted by Crippen LogP contribution is 2.32. The van der Waals surface area contributed by atoms with Gasteiger partial charge in [-0.25, -0.2) is 4.79 Å². The molecule has 3 aromatic rings. The average molecular weight is 305 g/mol. The van der Waals surface area contributed by atoms with E-state index >= 15 is 0 Å². The normalized spacial score (nSPS) is 11.8. The van der Waals surface area contributed by atoms with Crippen molar-refractivity contribution in [1.29, 1.82) is 0 Å². The number of carboxylic acid groups (broad SMARTS) is 1. The summed E-state index contributed by atoms with van der Waals surface area (Å²) in [5, 5.41) is 9.69. The van der Waals surface area contributed by atoms with Crippen molar-refractivity contribution in [1.82, 2.24) is 4.98 Å². The topological polar surface area (TPSA) is 53.1 Å². The van der Waals surface area contributed by atoms with Gasteiger partial charge >= 0.3 is 12.1 Å². The smallest absolute Gasteiger partial charge is 0.416 e. The van der Waals surface area contributed by atoms with E-state index < -0.39 is 17.7 Å². The maximum absolute atomic E-state index is 12.8. The molecule has 2 N–H and O–H groups in total. The predicted octanol–water partition coefficient (Wildman–Crippen LogP) is 4.55. The lowest BCUT2D eigenvalue weighted by molar-refractivity contribution is -0.137. The van der Waals surface area contributed by atoms with Crippen LogP contribution in [0.5, 0.6) is 0 Å². The molecule has 0 aliphatic rings. The highest BCUT2D eigenvalue weighted by molar-refractivity contribution is 5.94. The Balaban J connectivity index is 2.09. The van der Waals surface area contributed by atoms with Gasteiger partial charge in [0.1, 0.15) is 0 Å². The van der Waals surface area contributed by atoms with E-state index in [-0.39, 0.29) is 5.56 Å². The molecule has 0 fully saturated rings. The first kappa shape index (κ1) is 14.2. The molecule has 1 heterocycles. The van der Waals surface area contributed by atoms with Gasteiger partial charge in [-0.15, -0.1) is 0 Å². The van der Waals surface area contributed by atoms with Crippen molar-refractivity contribution < 1.29 is 23.1 Å². The number of aromatic carboxylic acids is 1. The number of nitrogens with one attached hydrogen (secondary N) is 1. The summed E-state index contributed by atoms with van der Waals surface area (Å²) in [5.41, 5.74) is 0.846. The third kappa shape index (κ3) is 2.55. The minimum Gasteiger partial charge on any atom is -0.478 e. The molecule has 0 radical (unpaired) electrons. The largest absolute Gasteiger partial charge is 0.478 e. The number of halogens is 3. The van der Waals surface area contributed by atoms with Crippen molar-refractivity contribution in [3.8, 4) is 11.3 Å². The Kier molecular flexibility index (Phi) is 3.16. The van der Waals surface area contributed by atoms with Crippen molar-refractivity contribution in [2.75, 3.05) is 0 Å². The van der Waals surface area contributed by atoms with E-state index in [1.807, 2.05) is 0 Å². The number of aromatic nitrogens is 1. The molecule has 3 nitrogen and oxygen atoms in total. The number of fused-ring (bicyclic) bond motifs is 1. The van der Waals surface area contributed by atoms with Gasteiger partial charge in [0, 0.05) is 16.6 Å². The van der Waals surface area contributed by atoms with Crippen LogP contribution in [0.1, 0.15) is 15.9 Å². The number of benzene rings is 2. The molecule has 0 saturated carbocycles. The molecule has 1 aromatic heterocycles. The van der Waals surface area contributed by atoms with Crippen LogP contribution in [0.25, 0.3) is 22.2 Å². The van der Waals surface area contributed by atoms with E-state index in [0.29, 0.717) is 16.8 Å². The zero-order chi connectivity index (χ0) is 15.9.